The average molecular weight is 474 g/mol. The molecule has 7 nitrogen and oxygen atoms in total. The zero-order valence-electron chi connectivity index (χ0n) is 18.2. The summed E-state index contributed by atoms with van der Waals surface area (Å²) in [5, 5.41) is 0.746. The summed E-state index contributed by atoms with van der Waals surface area (Å²) in [5.74, 6) is 0.490. The molecule has 1 aromatic heterocycles. The van der Waals surface area contributed by atoms with Crippen molar-refractivity contribution < 1.29 is 16.8 Å². The second-order valence-corrected chi connectivity index (χ2v) is 12.2. The molecule has 0 aliphatic carbocycles. The van der Waals surface area contributed by atoms with E-state index in [9.17, 15) is 16.8 Å². The smallest absolute Gasteiger partial charge is 0.245 e. The third kappa shape index (κ3) is 4.43. The Morgan fingerprint density at radius 3 is 2.03 bits per heavy atom. The van der Waals surface area contributed by atoms with Crippen molar-refractivity contribution in [3.8, 4) is 0 Å². The molecule has 0 N–H and O–H groups in total. The van der Waals surface area contributed by atoms with Gasteiger partial charge in [0, 0.05) is 37.8 Å². The normalized spacial score (nSPS) is 16.6. The van der Waals surface area contributed by atoms with Gasteiger partial charge in [-0.1, -0.05) is 44.2 Å². The lowest BCUT2D eigenvalue weighted by Crippen LogP contribution is -2.50. The van der Waals surface area contributed by atoms with Gasteiger partial charge in [0.25, 0.3) is 0 Å². The second-order valence-electron chi connectivity index (χ2n) is 8.38. The van der Waals surface area contributed by atoms with E-state index in [0.29, 0.717) is 11.4 Å². The van der Waals surface area contributed by atoms with Gasteiger partial charge in [-0.25, -0.2) is 16.8 Å². The van der Waals surface area contributed by atoms with Gasteiger partial charge in [0.2, 0.25) is 20.0 Å². The van der Waals surface area contributed by atoms with Crippen LogP contribution in [0.15, 0.2) is 70.6 Å². The SMILES string of the molecule is CC(C)Cc1ccc(S(=O)(=O)N2CCN(S(=O)(=O)c3cccc4cccnc34)CC2)cc1. The van der Waals surface area contributed by atoms with Crippen molar-refractivity contribution in [2.45, 2.75) is 30.1 Å². The molecule has 3 aromatic rings. The molecule has 0 unspecified atom stereocenters. The van der Waals surface area contributed by atoms with Crippen LogP contribution in [0, 0.1) is 5.92 Å². The number of aromatic nitrogens is 1. The molecule has 2 aromatic carbocycles. The molecule has 9 heteroatoms. The molecule has 0 radical (unpaired) electrons. The van der Waals surface area contributed by atoms with Crippen LogP contribution < -0.4 is 0 Å². The van der Waals surface area contributed by atoms with Crippen molar-refractivity contribution in [2.24, 2.45) is 5.92 Å². The van der Waals surface area contributed by atoms with Crippen molar-refractivity contribution in [3.63, 3.8) is 0 Å². The van der Waals surface area contributed by atoms with E-state index in [0.717, 1.165) is 17.4 Å². The highest BCUT2D eigenvalue weighted by molar-refractivity contribution is 7.89. The van der Waals surface area contributed by atoms with E-state index in [4.69, 9.17) is 0 Å². The first kappa shape index (κ1) is 22.8. The van der Waals surface area contributed by atoms with Gasteiger partial charge in [-0.2, -0.15) is 8.61 Å². The van der Waals surface area contributed by atoms with Crippen LogP contribution in [0.3, 0.4) is 0 Å². The highest BCUT2D eigenvalue weighted by atomic mass is 32.2. The van der Waals surface area contributed by atoms with E-state index >= 15 is 0 Å². The van der Waals surface area contributed by atoms with Gasteiger partial charge >= 0.3 is 0 Å². The zero-order valence-corrected chi connectivity index (χ0v) is 19.8. The van der Waals surface area contributed by atoms with Crippen LogP contribution in [0.25, 0.3) is 10.9 Å². The lowest BCUT2D eigenvalue weighted by Gasteiger charge is -2.33. The number of nitrogens with zero attached hydrogens (tertiary/aromatic N) is 3. The standard InChI is InChI=1S/C23H27N3O4S2/c1-18(2)17-19-8-10-21(11-9-19)31(27,28)25-13-15-26(16-14-25)32(29,30)22-7-3-5-20-6-4-12-24-23(20)22/h3-12,18H,13-17H2,1-2H3. The minimum Gasteiger partial charge on any atom is -0.255 e. The van der Waals surface area contributed by atoms with Crippen LogP contribution in [-0.2, 0) is 26.5 Å². The fourth-order valence-electron chi connectivity index (χ4n) is 3.99. The van der Waals surface area contributed by atoms with Gasteiger partial charge < -0.3 is 0 Å². The lowest BCUT2D eigenvalue weighted by molar-refractivity contribution is 0.273. The van der Waals surface area contributed by atoms with Crippen LogP contribution in [-0.4, -0.2) is 56.6 Å². The first-order valence-electron chi connectivity index (χ1n) is 10.6. The number of sulfonamides is 2. The Kier molecular flexibility index (Phi) is 6.35. The maximum Gasteiger partial charge on any atom is 0.245 e. The fraction of sp³-hybridized carbons (Fsp3) is 0.348. The predicted octanol–water partition coefficient (Wildman–Crippen LogP) is 3.13. The molecule has 1 fully saturated rings. The highest BCUT2D eigenvalue weighted by Gasteiger charge is 2.34. The Morgan fingerprint density at radius 1 is 0.812 bits per heavy atom. The van der Waals surface area contributed by atoms with Crippen molar-refractivity contribution in [3.05, 3.63) is 66.4 Å². The van der Waals surface area contributed by atoms with Crippen molar-refractivity contribution in [1.82, 2.24) is 13.6 Å². The first-order chi connectivity index (χ1) is 15.2. The quantitative estimate of drug-likeness (QED) is 0.549. The van der Waals surface area contributed by atoms with Crippen molar-refractivity contribution in [2.75, 3.05) is 26.2 Å². The Bertz CT molecular complexity index is 1310. The molecular formula is C23H27N3O4S2. The summed E-state index contributed by atoms with van der Waals surface area (Å²) < 4.78 is 55.4. The number of rotatable bonds is 6. The van der Waals surface area contributed by atoms with Gasteiger partial charge in [-0.05, 0) is 42.2 Å². The molecule has 1 saturated heterocycles. The topological polar surface area (TPSA) is 87.7 Å². The summed E-state index contributed by atoms with van der Waals surface area (Å²) in [5.41, 5.74) is 1.52. The summed E-state index contributed by atoms with van der Waals surface area (Å²) in [7, 11) is -7.47. The Hall–Kier alpha value is -2.33. The third-order valence-electron chi connectivity index (χ3n) is 5.62. The minimum absolute atomic E-state index is 0.0935. The number of pyridine rings is 1. The molecule has 170 valence electrons. The maximum atomic E-state index is 13.3. The number of hydrogen-bond acceptors (Lipinski definition) is 5. The number of hydrogen-bond donors (Lipinski definition) is 0. The molecule has 32 heavy (non-hydrogen) atoms. The monoisotopic (exact) mass is 473 g/mol. The first-order valence-corrected chi connectivity index (χ1v) is 13.5. The molecule has 2 heterocycles. The van der Waals surface area contributed by atoms with E-state index < -0.39 is 20.0 Å². The van der Waals surface area contributed by atoms with E-state index in [2.05, 4.69) is 18.8 Å². The van der Waals surface area contributed by atoms with Crippen LogP contribution in [0.5, 0.6) is 0 Å². The molecule has 0 spiro atoms. The molecule has 0 saturated carbocycles. The predicted molar refractivity (Wildman–Crippen MR) is 124 cm³/mol. The summed E-state index contributed by atoms with van der Waals surface area (Å²) >= 11 is 0. The summed E-state index contributed by atoms with van der Waals surface area (Å²) in [6.07, 6.45) is 2.46. The van der Waals surface area contributed by atoms with E-state index in [1.165, 1.54) is 8.61 Å². The minimum atomic E-state index is -3.79. The molecular weight excluding hydrogens is 446 g/mol. The van der Waals surface area contributed by atoms with Gasteiger partial charge in [0.05, 0.1) is 10.4 Å². The zero-order chi connectivity index (χ0) is 22.9. The number of fused-ring (bicyclic) bond motifs is 1. The summed E-state index contributed by atoms with van der Waals surface area (Å²) in [6, 6.07) is 15.6. The molecule has 4 rings (SSSR count). The van der Waals surface area contributed by atoms with Crippen LogP contribution in [0.4, 0.5) is 0 Å². The van der Waals surface area contributed by atoms with Crippen LogP contribution in [0.2, 0.25) is 0 Å². The number of para-hydroxylation sites is 1. The van der Waals surface area contributed by atoms with Gasteiger partial charge in [-0.3, -0.25) is 4.98 Å². The lowest BCUT2D eigenvalue weighted by atomic mass is 10.0. The van der Waals surface area contributed by atoms with Crippen LogP contribution >= 0.6 is 0 Å². The second kappa shape index (κ2) is 8.90. The van der Waals surface area contributed by atoms with E-state index in [1.807, 2.05) is 24.3 Å². The molecule has 0 amide bonds. The molecule has 1 aliphatic heterocycles. The Labute approximate surface area is 189 Å². The highest BCUT2D eigenvalue weighted by Crippen LogP contribution is 2.26. The third-order valence-corrected chi connectivity index (χ3v) is 9.46. The largest absolute Gasteiger partial charge is 0.255 e. The summed E-state index contributed by atoms with van der Waals surface area (Å²) in [4.78, 5) is 4.63. The maximum absolute atomic E-state index is 13.3. The molecule has 0 atom stereocenters. The Morgan fingerprint density at radius 2 is 1.41 bits per heavy atom. The summed E-state index contributed by atoms with van der Waals surface area (Å²) in [6.45, 7) is 4.63. The van der Waals surface area contributed by atoms with Crippen molar-refractivity contribution in [1.29, 1.82) is 0 Å². The Balaban J connectivity index is 1.51. The molecule has 1 aliphatic rings. The van der Waals surface area contributed by atoms with Gasteiger partial charge in [-0.15, -0.1) is 0 Å². The average Bonchev–Trinajstić information content (AvgIpc) is 2.78. The van der Waals surface area contributed by atoms with E-state index in [-0.39, 0.29) is 36.0 Å². The number of piperazine rings is 1. The molecule has 0 bridgehead atoms. The number of benzene rings is 2. The van der Waals surface area contributed by atoms with Gasteiger partial charge in [0.1, 0.15) is 4.90 Å². The fourth-order valence-corrected chi connectivity index (χ4v) is 7.00. The van der Waals surface area contributed by atoms with Crippen LogP contribution in [0.1, 0.15) is 19.4 Å². The van der Waals surface area contributed by atoms with E-state index in [1.54, 1.807) is 36.5 Å². The van der Waals surface area contributed by atoms with Crippen molar-refractivity contribution >= 4 is 30.9 Å². The van der Waals surface area contributed by atoms with Gasteiger partial charge in [0.15, 0.2) is 0 Å².